The van der Waals surface area contributed by atoms with Gasteiger partial charge in [-0.25, -0.2) is 0 Å². The van der Waals surface area contributed by atoms with Crippen molar-refractivity contribution in [2.75, 3.05) is 6.54 Å². The number of hydrogen-bond acceptors (Lipinski definition) is 2. The summed E-state index contributed by atoms with van der Waals surface area (Å²) in [5.41, 5.74) is -0.630. The van der Waals surface area contributed by atoms with E-state index in [0.717, 1.165) is 32.1 Å². The largest absolute Gasteiger partial charge is 0.481 e. The van der Waals surface area contributed by atoms with E-state index in [9.17, 15) is 14.7 Å². The van der Waals surface area contributed by atoms with Crippen LogP contribution < -0.4 is 5.32 Å². The van der Waals surface area contributed by atoms with Crippen molar-refractivity contribution in [3.05, 3.63) is 0 Å². The van der Waals surface area contributed by atoms with Gasteiger partial charge in [0.15, 0.2) is 0 Å². The second-order valence-electron chi connectivity index (χ2n) is 6.96. The summed E-state index contributed by atoms with van der Waals surface area (Å²) in [5.74, 6) is -0.635. The Hall–Kier alpha value is -1.06. The minimum atomic E-state index is -0.746. The van der Waals surface area contributed by atoms with Crippen LogP contribution in [0, 0.1) is 16.7 Å². The van der Waals surface area contributed by atoms with E-state index < -0.39 is 11.4 Å². The number of carbonyl (C=O) groups excluding carboxylic acids is 1. The van der Waals surface area contributed by atoms with Gasteiger partial charge in [0, 0.05) is 12.5 Å². The number of rotatable bonds is 4. The van der Waals surface area contributed by atoms with Crippen LogP contribution in [-0.4, -0.2) is 23.5 Å². The van der Waals surface area contributed by atoms with Gasteiger partial charge in [0.1, 0.15) is 0 Å². The molecule has 2 N–H and O–H groups in total. The van der Waals surface area contributed by atoms with Crippen LogP contribution in [0.25, 0.3) is 0 Å². The van der Waals surface area contributed by atoms with Gasteiger partial charge in [0.2, 0.25) is 5.91 Å². The molecule has 4 nitrogen and oxygen atoms in total. The van der Waals surface area contributed by atoms with Gasteiger partial charge in [-0.1, -0.05) is 39.5 Å². The van der Waals surface area contributed by atoms with Crippen molar-refractivity contribution in [3.8, 4) is 0 Å². The second kappa shape index (κ2) is 5.14. The van der Waals surface area contributed by atoms with E-state index in [4.69, 9.17) is 0 Å². The number of hydrogen-bond donors (Lipinski definition) is 2. The highest BCUT2D eigenvalue weighted by atomic mass is 16.4. The molecular weight excluding hydrogens is 242 g/mol. The summed E-state index contributed by atoms with van der Waals surface area (Å²) in [7, 11) is 0. The molecule has 0 heterocycles. The summed E-state index contributed by atoms with van der Waals surface area (Å²) < 4.78 is 0. The zero-order valence-electron chi connectivity index (χ0n) is 12.0. The van der Waals surface area contributed by atoms with Gasteiger partial charge >= 0.3 is 5.97 Å². The lowest BCUT2D eigenvalue weighted by atomic mass is 9.80. The number of amides is 1. The molecule has 0 aromatic rings. The van der Waals surface area contributed by atoms with Gasteiger partial charge in [-0.3, -0.25) is 9.59 Å². The number of carbonyl (C=O) groups is 2. The summed E-state index contributed by atoms with van der Waals surface area (Å²) in [4.78, 5) is 23.6. The zero-order valence-corrected chi connectivity index (χ0v) is 12.0. The lowest BCUT2D eigenvalue weighted by molar-refractivity contribution is -0.149. The molecule has 2 aliphatic rings. The van der Waals surface area contributed by atoms with E-state index in [2.05, 4.69) is 19.2 Å². The second-order valence-corrected chi connectivity index (χ2v) is 6.96. The SMILES string of the molecule is CC1(C)CC1C(=O)NCC1(C(=O)O)CCCCCC1. The normalized spacial score (nSPS) is 28.2. The van der Waals surface area contributed by atoms with E-state index in [1.54, 1.807) is 0 Å². The fourth-order valence-electron chi connectivity index (χ4n) is 3.17. The number of nitrogens with one attached hydrogen (secondary N) is 1. The maximum atomic E-state index is 12.0. The molecule has 1 amide bonds. The first-order valence-corrected chi connectivity index (χ1v) is 7.39. The van der Waals surface area contributed by atoms with Gasteiger partial charge in [-0.05, 0) is 24.7 Å². The predicted octanol–water partition coefficient (Wildman–Crippen LogP) is 2.57. The quantitative estimate of drug-likeness (QED) is 0.769. The molecule has 2 rings (SSSR count). The summed E-state index contributed by atoms with van der Waals surface area (Å²) in [6, 6.07) is 0. The summed E-state index contributed by atoms with van der Waals surface area (Å²) in [6.45, 7) is 4.46. The Balaban J connectivity index is 1.93. The Labute approximate surface area is 115 Å². The molecule has 0 radical (unpaired) electrons. The third-order valence-electron chi connectivity index (χ3n) is 4.95. The van der Waals surface area contributed by atoms with Gasteiger partial charge in [-0.2, -0.15) is 0 Å². The third kappa shape index (κ3) is 3.10. The van der Waals surface area contributed by atoms with Crippen LogP contribution in [0.4, 0.5) is 0 Å². The highest BCUT2D eigenvalue weighted by Gasteiger charge is 2.51. The predicted molar refractivity (Wildman–Crippen MR) is 72.7 cm³/mol. The highest BCUT2D eigenvalue weighted by molar-refractivity contribution is 5.83. The van der Waals surface area contributed by atoms with E-state index in [1.165, 1.54) is 0 Å². The molecule has 2 fully saturated rings. The first kappa shape index (κ1) is 14.4. The van der Waals surface area contributed by atoms with Gasteiger partial charge in [-0.15, -0.1) is 0 Å². The van der Waals surface area contributed by atoms with Crippen molar-refractivity contribution in [2.45, 2.75) is 58.8 Å². The number of carboxylic acids is 1. The topological polar surface area (TPSA) is 66.4 Å². The molecule has 0 aromatic heterocycles. The lowest BCUT2D eigenvalue weighted by Crippen LogP contribution is -2.43. The lowest BCUT2D eigenvalue weighted by Gasteiger charge is -2.28. The van der Waals surface area contributed by atoms with Crippen LogP contribution in [0.3, 0.4) is 0 Å². The minimum Gasteiger partial charge on any atom is -0.481 e. The maximum absolute atomic E-state index is 12.0. The highest BCUT2D eigenvalue weighted by Crippen LogP contribution is 2.51. The molecule has 0 saturated heterocycles. The van der Waals surface area contributed by atoms with E-state index in [-0.39, 0.29) is 17.2 Å². The monoisotopic (exact) mass is 267 g/mol. The first-order valence-electron chi connectivity index (χ1n) is 7.39. The van der Waals surface area contributed by atoms with Crippen molar-refractivity contribution in [3.63, 3.8) is 0 Å². The molecule has 4 heteroatoms. The van der Waals surface area contributed by atoms with Crippen molar-refractivity contribution < 1.29 is 14.7 Å². The van der Waals surface area contributed by atoms with Crippen molar-refractivity contribution in [1.82, 2.24) is 5.32 Å². The third-order valence-corrected chi connectivity index (χ3v) is 4.95. The molecule has 0 bridgehead atoms. The molecule has 108 valence electrons. The molecule has 0 aromatic carbocycles. The minimum absolute atomic E-state index is 0.0369. The van der Waals surface area contributed by atoms with Crippen LogP contribution in [-0.2, 0) is 9.59 Å². The van der Waals surface area contributed by atoms with E-state index in [0.29, 0.717) is 19.4 Å². The maximum Gasteiger partial charge on any atom is 0.311 e. The van der Waals surface area contributed by atoms with Crippen molar-refractivity contribution >= 4 is 11.9 Å². The van der Waals surface area contributed by atoms with Gasteiger partial charge in [0.25, 0.3) is 0 Å². The van der Waals surface area contributed by atoms with Crippen molar-refractivity contribution in [1.29, 1.82) is 0 Å². The summed E-state index contributed by atoms with van der Waals surface area (Å²) in [6.07, 6.45) is 6.43. The number of aliphatic carboxylic acids is 1. The first-order chi connectivity index (χ1) is 8.87. The fraction of sp³-hybridized carbons (Fsp3) is 0.867. The molecular formula is C15H25NO3. The molecule has 2 saturated carbocycles. The zero-order chi connectivity index (χ0) is 14.1. The van der Waals surface area contributed by atoms with Crippen molar-refractivity contribution in [2.24, 2.45) is 16.7 Å². The average molecular weight is 267 g/mol. The summed E-state index contributed by atoms with van der Waals surface area (Å²) >= 11 is 0. The van der Waals surface area contributed by atoms with Crippen LogP contribution in [0.1, 0.15) is 58.8 Å². The number of carboxylic acid groups (broad SMARTS) is 1. The Bertz CT molecular complexity index is 368. The molecule has 0 aliphatic heterocycles. The van der Waals surface area contributed by atoms with E-state index in [1.807, 2.05) is 0 Å². The van der Waals surface area contributed by atoms with Crippen LogP contribution in [0.5, 0.6) is 0 Å². The molecule has 0 spiro atoms. The Morgan fingerprint density at radius 2 is 1.68 bits per heavy atom. The molecule has 1 unspecified atom stereocenters. The standard InChI is InChI=1S/C15H25NO3/c1-14(2)9-11(14)12(17)16-10-15(13(18)19)7-5-3-4-6-8-15/h11H,3-10H2,1-2H3,(H,16,17)(H,18,19). The van der Waals surface area contributed by atoms with Crippen LogP contribution in [0.2, 0.25) is 0 Å². The molecule has 1 atom stereocenters. The van der Waals surface area contributed by atoms with Gasteiger partial charge in [0.05, 0.1) is 5.41 Å². The van der Waals surface area contributed by atoms with Gasteiger partial charge < -0.3 is 10.4 Å². The Morgan fingerprint density at radius 3 is 2.11 bits per heavy atom. The fourth-order valence-corrected chi connectivity index (χ4v) is 3.17. The summed E-state index contributed by atoms with van der Waals surface area (Å²) in [5, 5.41) is 12.4. The smallest absolute Gasteiger partial charge is 0.311 e. The Morgan fingerprint density at radius 1 is 1.16 bits per heavy atom. The van der Waals surface area contributed by atoms with E-state index >= 15 is 0 Å². The average Bonchev–Trinajstić information content (AvgIpc) is 3.04. The molecule has 2 aliphatic carbocycles. The van der Waals surface area contributed by atoms with Crippen LogP contribution >= 0.6 is 0 Å². The Kier molecular flexibility index (Phi) is 3.88. The van der Waals surface area contributed by atoms with Crippen LogP contribution in [0.15, 0.2) is 0 Å². The molecule has 19 heavy (non-hydrogen) atoms.